The molecule has 0 unspecified atom stereocenters. The van der Waals surface area contributed by atoms with Gasteiger partial charge in [-0.25, -0.2) is 4.98 Å². The number of rotatable bonds is 4. The molecule has 0 spiro atoms. The summed E-state index contributed by atoms with van der Waals surface area (Å²) in [5, 5.41) is 0. The molecule has 120 valence electrons. The smallest absolute Gasteiger partial charge is 0.303 e. The molecule has 1 fully saturated rings. The van der Waals surface area contributed by atoms with E-state index in [0.717, 1.165) is 4.47 Å². The lowest BCUT2D eigenvalue weighted by molar-refractivity contribution is -0.168. The highest BCUT2D eigenvalue weighted by atomic mass is 79.9. The normalized spacial score (nSPS) is 18.2. The van der Waals surface area contributed by atoms with Gasteiger partial charge < -0.3 is 14.4 Å². The summed E-state index contributed by atoms with van der Waals surface area (Å²) in [5.41, 5.74) is -1.16. The number of pyridine rings is 1. The predicted molar refractivity (Wildman–Crippen MR) is 83.4 cm³/mol. The molecule has 0 aromatic carbocycles. The Bertz CT molecular complexity index is 576. The van der Waals surface area contributed by atoms with Crippen LogP contribution in [0.3, 0.4) is 0 Å². The quantitative estimate of drug-likeness (QED) is 0.759. The topological polar surface area (TPSA) is 68.7 Å². The molecule has 1 aromatic heterocycles. The lowest BCUT2D eigenvalue weighted by Gasteiger charge is -2.28. The number of carbonyl (C=O) groups excluding carboxylic acids is 2. The Morgan fingerprint density at radius 3 is 2.82 bits per heavy atom. The summed E-state index contributed by atoms with van der Waals surface area (Å²) >= 11 is 3.38. The van der Waals surface area contributed by atoms with Crippen LogP contribution in [-0.4, -0.2) is 46.6 Å². The fraction of sp³-hybridized carbons (Fsp3) is 0.533. The number of carbonyl (C=O) groups is 2. The van der Waals surface area contributed by atoms with Crippen LogP contribution in [0.4, 0.5) is 0 Å². The minimum atomic E-state index is -1.16. The molecule has 1 aliphatic rings. The first-order valence-electron chi connectivity index (χ1n) is 7.06. The lowest BCUT2D eigenvalue weighted by atomic mass is 10.1. The van der Waals surface area contributed by atoms with Crippen molar-refractivity contribution >= 4 is 27.8 Å². The Morgan fingerprint density at radius 2 is 2.18 bits per heavy atom. The summed E-state index contributed by atoms with van der Waals surface area (Å²) in [6.07, 6.45) is 2.25. The number of likely N-dealkylation sites (tertiary alicyclic amines) is 1. The van der Waals surface area contributed by atoms with E-state index in [1.165, 1.54) is 6.92 Å². The van der Waals surface area contributed by atoms with Gasteiger partial charge in [0.05, 0.1) is 11.0 Å². The average molecular weight is 371 g/mol. The van der Waals surface area contributed by atoms with Crippen molar-refractivity contribution in [2.45, 2.75) is 38.9 Å². The number of aromatic nitrogens is 1. The predicted octanol–water partition coefficient (Wildman–Crippen LogP) is 2.17. The average Bonchev–Trinajstić information content (AvgIpc) is 2.87. The molecule has 0 radical (unpaired) electrons. The van der Waals surface area contributed by atoms with E-state index < -0.39 is 11.6 Å². The van der Waals surface area contributed by atoms with Gasteiger partial charge in [0.1, 0.15) is 6.10 Å². The maximum atomic E-state index is 12.4. The van der Waals surface area contributed by atoms with Crippen LogP contribution < -0.4 is 4.74 Å². The highest BCUT2D eigenvalue weighted by Crippen LogP contribution is 2.25. The number of ether oxygens (including phenoxy) is 2. The summed E-state index contributed by atoms with van der Waals surface area (Å²) in [5.74, 6) is -0.169. The second-order valence-corrected chi connectivity index (χ2v) is 6.53. The summed E-state index contributed by atoms with van der Waals surface area (Å²) in [7, 11) is 0. The third-order valence-electron chi connectivity index (χ3n) is 3.35. The first-order chi connectivity index (χ1) is 10.3. The fourth-order valence-electron chi connectivity index (χ4n) is 2.41. The van der Waals surface area contributed by atoms with Gasteiger partial charge in [0, 0.05) is 26.1 Å². The summed E-state index contributed by atoms with van der Waals surface area (Å²) in [4.78, 5) is 29.3. The minimum absolute atomic E-state index is 0.122. The number of hydrogen-bond donors (Lipinski definition) is 0. The van der Waals surface area contributed by atoms with Crippen molar-refractivity contribution in [2.75, 3.05) is 13.1 Å². The number of esters is 1. The molecule has 2 rings (SSSR count). The molecule has 0 aliphatic carbocycles. The van der Waals surface area contributed by atoms with Crippen molar-refractivity contribution in [2.24, 2.45) is 0 Å². The van der Waals surface area contributed by atoms with Gasteiger partial charge in [-0.3, -0.25) is 9.59 Å². The largest absolute Gasteiger partial charge is 0.472 e. The molecule has 0 N–H and O–H groups in total. The van der Waals surface area contributed by atoms with Crippen molar-refractivity contribution in [1.29, 1.82) is 0 Å². The first-order valence-corrected chi connectivity index (χ1v) is 7.85. The zero-order chi connectivity index (χ0) is 16.3. The van der Waals surface area contributed by atoms with Gasteiger partial charge in [0.2, 0.25) is 5.88 Å². The van der Waals surface area contributed by atoms with Crippen LogP contribution in [0.2, 0.25) is 0 Å². The van der Waals surface area contributed by atoms with Crippen LogP contribution in [-0.2, 0) is 14.3 Å². The van der Waals surface area contributed by atoms with Crippen molar-refractivity contribution in [1.82, 2.24) is 9.88 Å². The van der Waals surface area contributed by atoms with Crippen LogP contribution in [0, 0.1) is 0 Å². The van der Waals surface area contributed by atoms with Gasteiger partial charge >= 0.3 is 5.97 Å². The number of hydrogen-bond acceptors (Lipinski definition) is 5. The van der Waals surface area contributed by atoms with E-state index in [0.29, 0.717) is 25.4 Å². The molecular formula is C15H19BrN2O4. The molecule has 1 aromatic rings. The monoisotopic (exact) mass is 370 g/mol. The van der Waals surface area contributed by atoms with E-state index in [1.54, 1.807) is 24.9 Å². The Hall–Kier alpha value is -1.63. The number of amides is 1. The molecule has 1 amide bonds. The maximum absolute atomic E-state index is 12.4. The SMILES string of the molecule is CC(=O)OC(C)(C)C(=O)N1CC[C@H](Oc2ncccc2Br)C1. The van der Waals surface area contributed by atoms with Crippen LogP contribution in [0.5, 0.6) is 5.88 Å². The molecule has 1 aliphatic heterocycles. The third-order valence-corrected chi connectivity index (χ3v) is 3.95. The van der Waals surface area contributed by atoms with Gasteiger partial charge in [-0.05, 0) is 41.9 Å². The molecule has 6 nitrogen and oxygen atoms in total. The van der Waals surface area contributed by atoms with Gasteiger partial charge in [0.15, 0.2) is 5.60 Å². The van der Waals surface area contributed by atoms with Crippen molar-refractivity contribution in [3.63, 3.8) is 0 Å². The van der Waals surface area contributed by atoms with E-state index in [-0.39, 0.29) is 12.0 Å². The van der Waals surface area contributed by atoms with Gasteiger partial charge in [-0.15, -0.1) is 0 Å². The van der Waals surface area contributed by atoms with Gasteiger partial charge in [0.25, 0.3) is 5.91 Å². The summed E-state index contributed by atoms with van der Waals surface area (Å²) in [6.45, 7) is 5.51. The van der Waals surface area contributed by atoms with Crippen molar-refractivity contribution in [3.8, 4) is 5.88 Å². The molecule has 1 atom stereocenters. The maximum Gasteiger partial charge on any atom is 0.303 e. The fourth-order valence-corrected chi connectivity index (χ4v) is 2.76. The third kappa shape index (κ3) is 3.97. The number of nitrogens with zero attached hydrogens (tertiary/aromatic N) is 2. The molecule has 0 bridgehead atoms. The highest BCUT2D eigenvalue weighted by Gasteiger charge is 2.39. The van der Waals surface area contributed by atoms with E-state index in [2.05, 4.69) is 20.9 Å². The van der Waals surface area contributed by atoms with E-state index in [9.17, 15) is 9.59 Å². The van der Waals surface area contributed by atoms with Crippen molar-refractivity contribution in [3.05, 3.63) is 22.8 Å². The Kier molecular flexibility index (Phi) is 5.05. The second kappa shape index (κ2) is 6.64. The van der Waals surface area contributed by atoms with Crippen LogP contribution in [0.15, 0.2) is 22.8 Å². The Morgan fingerprint density at radius 1 is 1.45 bits per heavy atom. The Balaban J connectivity index is 1.96. The molecule has 7 heteroatoms. The Labute approximate surface area is 137 Å². The molecule has 2 heterocycles. The van der Waals surface area contributed by atoms with Crippen LogP contribution in [0.25, 0.3) is 0 Å². The van der Waals surface area contributed by atoms with Gasteiger partial charge in [-0.1, -0.05) is 0 Å². The first kappa shape index (κ1) is 16.7. The zero-order valence-electron chi connectivity index (χ0n) is 12.8. The zero-order valence-corrected chi connectivity index (χ0v) is 14.4. The van der Waals surface area contributed by atoms with E-state index in [4.69, 9.17) is 9.47 Å². The lowest BCUT2D eigenvalue weighted by Crippen LogP contribution is -2.47. The van der Waals surface area contributed by atoms with Gasteiger partial charge in [-0.2, -0.15) is 0 Å². The number of halogens is 1. The van der Waals surface area contributed by atoms with Crippen LogP contribution >= 0.6 is 15.9 Å². The summed E-state index contributed by atoms with van der Waals surface area (Å²) in [6, 6.07) is 3.66. The summed E-state index contributed by atoms with van der Waals surface area (Å²) < 4.78 is 11.7. The molecule has 22 heavy (non-hydrogen) atoms. The van der Waals surface area contributed by atoms with Crippen LogP contribution in [0.1, 0.15) is 27.2 Å². The minimum Gasteiger partial charge on any atom is -0.472 e. The molecule has 1 saturated heterocycles. The second-order valence-electron chi connectivity index (χ2n) is 5.67. The molecular weight excluding hydrogens is 352 g/mol. The van der Waals surface area contributed by atoms with E-state index in [1.807, 2.05) is 12.1 Å². The van der Waals surface area contributed by atoms with Crippen molar-refractivity contribution < 1.29 is 19.1 Å². The molecule has 0 saturated carbocycles. The van der Waals surface area contributed by atoms with E-state index >= 15 is 0 Å². The standard InChI is InChI=1S/C15H19BrN2O4/c1-10(19)22-15(2,3)14(20)18-8-6-11(9-18)21-13-12(16)5-4-7-17-13/h4-5,7,11H,6,8-9H2,1-3H3/t11-/m0/s1. The highest BCUT2D eigenvalue weighted by molar-refractivity contribution is 9.10.